The Kier molecular flexibility index (Phi) is 9.04. The van der Waals surface area contributed by atoms with Gasteiger partial charge in [-0.25, -0.2) is 12.7 Å². The first-order valence-corrected chi connectivity index (χ1v) is 14.6. The summed E-state index contributed by atoms with van der Waals surface area (Å²) >= 11 is 6.05. The third kappa shape index (κ3) is 6.49. The van der Waals surface area contributed by atoms with Gasteiger partial charge in [-0.05, 0) is 41.8 Å². The van der Waals surface area contributed by atoms with Crippen molar-refractivity contribution in [2.24, 2.45) is 0 Å². The van der Waals surface area contributed by atoms with Gasteiger partial charge in [-0.3, -0.25) is 14.4 Å². The molecule has 1 aliphatic rings. The molecule has 0 aromatic heterocycles. The molecule has 8 nitrogen and oxygen atoms in total. The SMILES string of the molecule is CCCCNC(=O)[C@H](Cc1ccccc1)N(Cc1ccc(Cl)cc1)C(=O)CN1C(=O)c2ccccc2S1(=O)=O. The van der Waals surface area contributed by atoms with Gasteiger partial charge >= 0.3 is 0 Å². The predicted molar refractivity (Wildman–Crippen MR) is 149 cm³/mol. The van der Waals surface area contributed by atoms with E-state index in [1.165, 1.54) is 23.1 Å². The number of hydrogen-bond donors (Lipinski definition) is 1. The number of nitrogens with one attached hydrogen (secondary N) is 1. The third-order valence-corrected chi connectivity index (χ3v) is 8.60. The molecule has 0 fully saturated rings. The number of rotatable bonds is 11. The van der Waals surface area contributed by atoms with E-state index in [1.54, 1.807) is 30.3 Å². The Morgan fingerprint density at radius 2 is 1.62 bits per heavy atom. The Hall–Kier alpha value is -3.69. The minimum absolute atomic E-state index is 0.0176. The molecule has 39 heavy (non-hydrogen) atoms. The van der Waals surface area contributed by atoms with E-state index in [1.807, 2.05) is 37.3 Å². The third-order valence-electron chi connectivity index (χ3n) is 6.56. The summed E-state index contributed by atoms with van der Waals surface area (Å²) in [6, 6.07) is 21.0. The lowest BCUT2D eigenvalue weighted by Crippen LogP contribution is -2.53. The molecule has 0 saturated carbocycles. The first-order valence-electron chi connectivity index (χ1n) is 12.7. The summed E-state index contributed by atoms with van der Waals surface area (Å²) in [5.41, 5.74) is 1.55. The molecule has 10 heteroatoms. The number of carbonyl (C=O) groups excluding carboxylic acids is 3. The number of nitrogens with zero attached hydrogens (tertiary/aromatic N) is 2. The maximum Gasteiger partial charge on any atom is 0.269 e. The summed E-state index contributed by atoms with van der Waals surface area (Å²) < 4.78 is 26.9. The normalized spacial score (nSPS) is 14.5. The fourth-order valence-electron chi connectivity index (χ4n) is 4.45. The number of benzene rings is 3. The molecule has 204 valence electrons. The molecule has 0 aliphatic carbocycles. The Morgan fingerprint density at radius 3 is 2.28 bits per heavy atom. The standard InChI is InChI=1S/C29H30ClN3O5S/c1-2-3-17-31-28(35)25(18-21-9-5-4-6-10-21)32(19-22-13-15-23(30)16-14-22)27(34)20-33-29(36)24-11-7-8-12-26(24)39(33,37)38/h4-16,25H,2-3,17-20H2,1H3,(H,31,35)/t25-/m0/s1. The first kappa shape index (κ1) is 28.3. The second-order valence-electron chi connectivity index (χ2n) is 9.31. The van der Waals surface area contributed by atoms with Crippen molar-refractivity contribution in [3.8, 4) is 0 Å². The lowest BCUT2D eigenvalue weighted by Gasteiger charge is -2.32. The molecule has 3 aromatic carbocycles. The molecular formula is C29H30ClN3O5S. The van der Waals surface area contributed by atoms with Gasteiger partial charge in [0.25, 0.3) is 15.9 Å². The zero-order valence-electron chi connectivity index (χ0n) is 21.5. The largest absolute Gasteiger partial charge is 0.354 e. The number of unbranched alkanes of at least 4 members (excludes halogenated alkanes) is 1. The van der Waals surface area contributed by atoms with Crippen LogP contribution in [0.3, 0.4) is 0 Å². The van der Waals surface area contributed by atoms with Gasteiger partial charge in [-0.15, -0.1) is 0 Å². The Bertz CT molecular complexity index is 1450. The second kappa shape index (κ2) is 12.4. The molecule has 0 spiro atoms. The molecular weight excluding hydrogens is 538 g/mol. The van der Waals surface area contributed by atoms with Crippen LogP contribution in [0.1, 0.15) is 41.3 Å². The highest BCUT2D eigenvalue weighted by molar-refractivity contribution is 7.90. The smallest absolute Gasteiger partial charge is 0.269 e. The van der Waals surface area contributed by atoms with Crippen molar-refractivity contribution in [1.82, 2.24) is 14.5 Å². The molecule has 3 amide bonds. The Balaban J connectivity index is 1.69. The van der Waals surface area contributed by atoms with Crippen LogP contribution in [-0.4, -0.2) is 54.5 Å². The van der Waals surface area contributed by atoms with Crippen molar-refractivity contribution in [2.75, 3.05) is 13.1 Å². The van der Waals surface area contributed by atoms with Crippen molar-refractivity contribution in [1.29, 1.82) is 0 Å². The zero-order valence-corrected chi connectivity index (χ0v) is 23.1. The summed E-state index contributed by atoms with van der Waals surface area (Å²) in [5, 5.41) is 3.43. The average Bonchev–Trinajstić information content (AvgIpc) is 3.13. The lowest BCUT2D eigenvalue weighted by atomic mass is 10.0. The molecule has 1 aliphatic heterocycles. The van der Waals surface area contributed by atoms with Crippen molar-refractivity contribution in [3.05, 3.63) is 101 Å². The monoisotopic (exact) mass is 567 g/mol. The summed E-state index contributed by atoms with van der Waals surface area (Å²) in [7, 11) is -4.21. The lowest BCUT2D eigenvalue weighted by molar-refractivity contribution is -0.141. The van der Waals surface area contributed by atoms with E-state index in [-0.39, 0.29) is 29.3 Å². The quantitative estimate of drug-likeness (QED) is 0.352. The van der Waals surface area contributed by atoms with Crippen molar-refractivity contribution in [2.45, 2.75) is 43.7 Å². The number of hydrogen-bond acceptors (Lipinski definition) is 5. The van der Waals surface area contributed by atoms with Crippen LogP contribution in [0.15, 0.2) is 83.8 Å². The number of carbonyl (C=O) groups is 3. The van der Waals surface area contributed by atoms with Gasteiger partial charge in [0.15, 0.2) is 0 Å². The van der Waals surface area contributed by atoms with Crippen molar-refractivity contribution < 1.29 is 22.8 Å². The van der Waals surface area contributed by atoms with Crippen LogP contribution >= 0.6 is 11.6 Å². The van der Waals surface area contributed by atoms with Crippen LogP contribution in [0.4, 0.5) is 0 Å². The van der Waals surface area contributed by atoms with E-state index in [4.69, 9.17) is 11.6 Å². The van der Waals surface area contributed by atoms with Crippen molar-refractivity contribution in [3.63, 3.8) is 0 Å². The summed E-state index contributed by atoms with van der Waals surface area (Å²) in [4.78, 5) is 41.6. The minimum atomic E-state index is -4.21. The van der Waals surface area contributed by atoms with E-state index in [9.17, 15) is 22.8 Å². The van der Waals surface area contributed by atoms with E-state index < -0.39 is 34.4 Å². The van der Waals surface area contributed by atoms with Gasteiger partial charge < -0.3 is 10.2 Å². The van der Waals surface area contributed by atoms with Gasteiger partial charge in [0, 0.05) is 24.5 Å². The molecule has 0 bridgehead atoms. The average molecular weight is 568 g/mol. The predicted octanol–water partition coefficient (Wildman–Crippen LogP) is 4.04. The number of halogens is 1. The van der Waals surface area contributed by atoms with Gasteiger partial charge in [-0.1, -0.05) is 79.5 Å². The van der Waals surface area contributed by atoms with Gasteiger partial charge in [0.05, 0.1) is 5.56 Å². The molecule has 1 atom stereocenters. The van der Waals surface area contributed by atoms with Gasteiger partial charge in [-0.2, -0.15) is 0 Å². The van der Waals surface area contributed by atoms with Crippen LogP contribution in [0.2, 0.25) is 5.02 Å². The van der Waals surface area contributed by atoms with Crippen LogP contribution in [-0.2, 0) is 32.6 Å². The maximum absolute atomic E-state index is 13.9. The molecule has 1 heterocycles. The Morgan fingerprint density at radius 1 is 0.949 bits per heavy atom. The van der Waals surface area contributed by atoms with Crippen LogP contribution in [0.5, 0.6) is 0 Å². The maximum atomic E-state index is 13.9. The molecule has 0 radical (unpaired) electrons. The topological polar surface area (TPSA) is 104 Å². The molecule has 0 unspecified atom stereocenters. The van der Waals surface area contributed by atoms with Crippen LogP contribution in [0, 0.1) is 0 Å². The van der Waals surface area contributed by atoms with E-state index >= 15 is 0 Å². The number of fused-ring (bicyclic) bond motifs is 1. The highest BCUT2D eigenvalue weighted by atomic mass is 35.5. The molecule has 3 aromatic rings. The Labute approximate surface area is 233 Å². The van der Waals surface area contributed by atoms with E-state index in [2.05, 4.69) is 5.32 Å². The van der Waals surface area contributed by atoms with Crippen molar-refractivity contribution >= 4 is 39.3 Å². The highest BCUT2D eigenvalue weighted by Gasteiger charge is 2.43. The number of amides is 3. The molecule has 4 rings (SSSR count). The fourth-order valence-corrected chi connectivity index (χ4v) is 6.09. The summed E-state index contributed by atoms with van der Waals surface area (Å²) in [6.45, 7) is 1.74. The zero-order chi connectivity index (χ0) is 28.0. The van der Waals surface area contributed by atoms with Gasteiger partial charge in [0.2, 0.25) is 11.8 Å². The van der Waals surface area contributed by atoms with Gasteiger partial charge in [0.1, 0.15) is 17.5 Å². The van der Waals surface area contributed by atoms with E-state index in [0.717, 1.165) is 18.4 Å². The summed E-state index contributed by atoms with van der Waals surface area (Å²) in [6.07, 6.45) is 1.86. The van der Waals surface area contributed by atoms with Crippen LogP contribution in [0.25, 0.3) is 0 Å². The second-order valence-corrected chi connectivity index (χ2v) is 11.6. The molecule has 0 saturated heterocycles. The highest BCUT2D eigenvalue weighted by Crippen LogP contribution is 2.30. The van der Waals surface area contributed by atoms with E-state index in [0.29, 0.717) is 21.4 Å². The fraction of sp³-hybridized carbons (Fsp3) is 0.276. The number of sulfonamides is 1. The summed E-state index contributed by atoms with van der Waals surface area (Å²) in [5.74, 6) is -1.79. The first-order chi connectivity index (χ1) is 18.7. The molecule has 1 N–H and O–H groups in total. The van der Waals surface area contributed by atoms with Crippen LogP contribution < -0.4 is 5.32 Å². The minimum Gasteiger partial charge on any atom is -0.354 e.